The number of aryl methyl sites for hydroxylation is 1. The van der Waals surface area contributed by atoms with Crippen molar-refractivity contribution < 1.29 is 9.32 Å². The van der Waals surface area contributed by atoms with E-state index in [9.17, 15) is 4.79 Å². The predicted octanol–water partition coefficient (Wildman–Crippen LogP) is 1.11. The number of carbonyl (C=O) groups excluding carboxylic acids is 1. The number of hydrogen-bond acceptors (Lipinski definition) is 6. The lowest BCUT2D eigenvalue weighted by atomic mass is 10.1. The molecule has 0 bridgehead atoms. The lowest BCUT2D eigenvalue weighted by molar-refractivity contribution is -0.123. The molecule has 0 radical (unpaired) electrons. The first-order valence-corrected chi connectivity index (χ1v) is 8.12. The SMILES string of the molecule is Cc1nc(CN(C)[C@@H]2CCN([C@H](C(N)=O)c3ccccc3)C2)no1. The third-order valence-corrected chi connectivity index (χ3v) is 4.53. The maximum Gasteiger partial charge on any atom is 0.239 e. The summed E-state index contributed by atoms with van der Waals surface area (Å²) >= 11 is 0. The van der Waals surface area contributed by atoms with Crippen LogP contribution in [-0.2, 0) is 11.3 Å². The van der Waals surface area contributed by atoms with Gasteiger partial charge in [-0.15, -0.1) is 0 Å². The van der Waals surface area contributed by atoms with Crippen molar-refractivity contribution in [1.29, 1.82) is 0 Å². The van der Waals surface area contributed by atoms with Gasteiger partial charge in [-0.05, 0) is 19.0 Å². The van der Waals surface area contributed by atoms with Crippen molar-refractivity contribution in [3.05, 3.63) is 47.6 Å². The van der Waals surface area contributed by atoms with Crippen LogP contribution in [0.5, 0.6) is 0 Å². The molecule has 2 heterocycles. The molecule has 2 aromatic rings. The van der Waals surface area contributed by atoms with E-state index in [0.717, 1.165) is 25.1 Å². The summed E-state index contributed by atoms with van der Waals surface area (Å²) in [6, 6.07) is 9.66. The van der Waals surface area contributed by atoms with Crippen LogP contribution in [0.2, 0.25) is 0 Å². The second kappa shape index (κ2) is 7.11. The van der Waals surface area contributed by atoms with Crippen LogP contribution in [0.3, 0.4) is 0 Å². The summed E-state index contributed by atoms with van der Waals surface area (Å²) in [4.78, 5) is 20.6. The molecule has 0 saturated carbocycles. The van der Waals surface area contributed by atoms with Crippen molar-refractivity contribution in [2.24, 2.45) is 5.73 Å². The first-order valence-electron chi connectivity index (χ1n) is 8.12. The van der Waals surface area contributed by atoms with Gasteiger partial charge >= 0.3 is 0 Å². The Kier molecular flexibility index (Phi) is 4.92. The fourth-order valence-corrected chi connectivity index (χ4v) is 3.31. The highest BCUT2D eigenvalue weighted by Crippen LogP contribution is 2.27. The van der Waals surface area contributed by atoms with Gasteiger partial charge in [0.05, 0.1) is 6.54 Å². The van der Waals surface area contributed by atoms with E-state index in [1.165, 1.54) is 0 Å². The fraction of sp³-hybridized carbons (Fsp3) is 0.471. The molecular formula is C17H23N5O2. The molecule has 1 fully saturated rings. The summed E-state index contributed by atoms with van der Waals surface area (Å²) in [5, 5.41) is 3.94. The molecule has 1 aliphatic rings. The molecule has 1 aliphatic heterocycles. The topological polar surface area (TPSA) is 88.5 Å². The molecular weight excluding hydrogens is 306 g/mol. The van der Waals surface area contributed by atoms with Crippen LogP contribution in [0, 0.1) is 6.92 Å². The maximum absolute atomic E-state index is 12.0. The van der Waals surface area contributed by atoms with E-state index in [4.69, 9.17) is 10.3 Å². The van der Waals surface area contributed by atoms with Gasteiger partial charge in [0.15, 0.2) is 5.82 Å². The van der Waals surface area contributed by atoms with E-state index in [-0.39, 0.29) is 11.9 Å². The summed E-state index contributed by atoms with van der Waals surface area (Å²) in [5.41, 5.74) is 6.62. The zero-order valence-electron chi connectivity index (χ0n) is 14.1. The minimum atomic E-state index is -0.378. The number of primary amides is 1. The average Bonchev–Trinajstić information content (AvgIpc) is 3.18. The van der Waals surface area contributed by atoms with Crippen LogP contribution in [0.15, 0.2) is 34.9 Å². The quantitative estimate of drug-likeness (QED) is 0.854. The van der Waals surface area contributed by atoms with Crippen molar-refractivity contribution in [2.75, 3.05) is 20.1 Å². The molecule has 7 nitrogen and oxygen atoms in total. The predicted molar refractivity (Wildman–Crippen MR) is 88.9 cm³/mol. The lowest BCUT2D eigenvalue weighted by Gasteiger charge is -2.27. The highest BCUT2D eigenvalue weighted by Gasteiger charge is 2.34. The molecule has 1 amide bonds. The fourth-order valence-electron chi connectivity index (χ4n) is 3.31. The molecule has 24 heavy (non-hydrogen) atoms. The number of nitrogens with two attached hydrogens (primary N) is 1. The van der Waals surface area contributed by atoms with Gasteiger partial charge in [-0.1, -0.05) is 35.5 Å². The second-order valence-corrected chi connectivity index (χ2v) is 6.30. The number of rotatable bonds is 6. The molecule has 2 atom stereocenters. The molecule has 0 unspecified atom stereocenters. The third-order valence-electron chi connectivity index (χ3n) is 4.53. The Hall–Kier alpha value is -2.25. The molecule has 1 aromatic carbocycles. The Morgan fingerprint density at radius 1 is 1.46 bits per heavy atom. The van der Waals surface area contributed by atoms with Gasteiger partial charge in [-0.3, -0.25) is 14.6 Å². The van der Waals surface area contributed by atoms with Crippen molar-refractivity contribution >= 4 is 5.91 Å². The van der Waals surface area contributed by atoms with E-state index >= 15 is 0 Å². The Balaban J connectivity index is 1.66. The van der Waals surface area contributed by atoms with Crippen LogP contribution < -0.4 is 5.73 Å². The van der Waals surface area contributed by atoms with Crippen LogP contribution in [0.25, 0.3) is 0 Å². The standard InChI is InChI=1S/C17H23N5O2/c1-12-19-15(20-24-12)11-21(2)14-8-9-22(10-14)16(17(18)23)13-6-4-3-5-7-13/h3-7,14,16H,8-11H2,1-2H3,(H2,18,23)/t14-,16+/m1/s1. The molecule has 128 valence electrons. The zero-order chi connectivity index (χ0) is 17.1. The lowest BCUT2D eigenvalue weighted by Crippen LogP contribution is -2.39. The number of benzene rings is 1. The van der Waals surface area contributed by atoms with Gasteiger partial charge in [0, 0.05) is 26.1 Å². The van der Waals surface area contributed by atoms with E-state index in [1.807, 2.05) is 37.4 Å². The Morgan fingerprint density at radius 2 is 2.21 bits per heavy atom. The Labute approximate surface area is 141 Å². The first kappa shape index (κ1) is 16.6. The van der Waals surface area contributed by atoms with Gasteiger partial charge in [-0.2, -0.15) is 4.98 Å². The molecule has 2 N–H and O–H groups in total. The molecule has 7 heteroatoms. The van der Waals surface area contributed by atoms with Crippen molar-refractivity contribution in [3.8, 4) is 0 Å². The van der Waals surface area contributed by atoms with Crippen molar-refractivity contribution in [3.63, 3.8) is 0 Å². The highest BCUT2D eigenvalue weighted by molar-refractivity contribution is 5.81. The average molecular weight is 329 g/mol. The minimum Gasteiger partial charge on any atom is -0.368 e. The monoisotopic (exact) mass is 329 g/mol. The molecule has 0 aliphatic carbocycles. The van der Waals surface area contributed by atoms with Crippen molar-refractivity contribution in [1.82, 2.24) is 19.9 Å². The second-order valence-electron chi connectivity index (χ2n) is 6.30. The van der Waals surface area contributed by atoms with Crippen molar-refractivity contribution in [2.45, 2.75) is 32.0 Å². The third kappa shape index (κ3) is 3.63. The minimum absolute atomic E-state index is 0.307. The van der Waals surface area contributed by atoms with E-state index in [1.54, 1.807) is 6.92 Å². The Bertz CT molecular complexity index is 687. The Morgan fingerprint density at radius 3 is 2.83 bits per heavy atom. The molecule has 1 aromatic heterocycles. The summed E-state index contributed by atoms with van der Waals surface area (Å²) < 4.78 is 5.02. The van der Waals surface area contributed by atoms with Gasteiger partial charge in [0.25, 0.3) is 0 Å². The number of hydrogen-bond donors (Lipinski definition) is 1. The van der Waals surface area contributed by atoms with Gasteiger partial charge < -0.3 is 10.3 Å². The number of amides is 1. The number of likely N-dealkylation sites (tertiary alicyclic amines) is 1. The summed E-state index contributed by atoms with van der Waals surface area (Å²) in [7, 11) is 2.04. The number of carbonyl (C=O) groups is 1. The number of likely N-dealkylation sites (N-methyl/N-ethyl adjacent to an activating group) is 1. The van der Waals surface area contributed by atoms with Gasteiger partial charge in [0.2, 0.25) is 11.8 Å². The first-order chi connectivity index (χ1) is 11.5. The maximum atomic E-state index is 12.0. The molecule has 1 saturated heterocycles. The van der Waals surface area contributed by atoms with E-state index < -0.39 is 0 Å². The van der Waals surface area contributed by atoms with Crippen LogP contribution >= 0.6 is 0 Å². The summed E-state index contributed by atoms with van der Waals surface area (Å²) in [6.45, 7) is 4.03. The van der Waals surface area contributed by atoms with Gasteiger partial charge in [-0.25, -0.2) is 0 Å². The van der Waals surface area contributed by atoms with Crippen LogP contribution in [0.1, 0.15) is 29.7 Å². The summed E-state index contributed by atoms with van der Waals surface area (Å²) in [5.74, 6) is 0.950. The highest BCUT2D eigenvalue weighted by atomic mass is 16.5. The van der Waals surface area contributed by atoms with E-state index in [0.29, 0.717) is 24.3 Å². The van der Waals surface area contributed by atoms with Gasteiger partial charge in [0.1, 0.15) is 6.04 Å². The zero-order valence-corrected chi connectivity index (χ0v) is 14.1. The largest absolute Gasteiger partial charge is 0.368 e. The molecule has 0 spiro atoms. The molecule has 3 rings (SSSR count). The van der Waals surface area contributed by atoms with Crippen LogP contribution in [0.4, 0.5) is 0 Å². The normalized spacial score (nSPS) is 19.7. The van der Waals surface area contributed by atoms with E-state index in [2.05, 4.69) is 19.9 Å². The summed E-state index contributed by atoms with van der Waals surface area (Å²) in [6.07, 6.45) is 0.976. The number of aromatic nitrogens is 2. The smallest absolute Gasteiger partial charge is 0.239 e. The van der Waals surface area contributed by atoms with Crippen LogP contribution in [-0.4, -0.2) is 52.0 Å². The number of nitrogens with zero attached hydrogens (tertiary/aromatic N) is 4.